The van der Waals surface area contributed by atoms with Crippen molar-refractivity contribution in [1.29, 1.82) is 0 Å². The van der Waals surface area contributed by atoms with E-state index in [1.165, 1.54) is 0 Å². The van der Waals surface area contributed by atoms with Crippen LogP contribution in [0.1, 0.15) is 17.3 Å². The van der Waals surface area contributed by atoms with Gasteiger partial charge in [-0.2, -0.15) is 0 Å². The van der Waals surface area contributed by atoms with E-state index in [-0.39, 0.29) is 8.95 Å². The Balaban J connectivity index is 3.53. The van der Waals surface area contributed by atoms with Crippen LogP contribution in [0.3, 0.4) is 0 Å². The average molecular weight is 314 g/mol. The number of benzene rings is 1. The second-order valence-corrected chi connectivity index (χ2v) is 4.05. The lowest BCUT2D eigenvalue weighted by Gasteiger charge is -2.04. The number of halogens is 4. The molecule has 0 saturated carbocycles. The molecule has 0 amide bonds. The lowest BCUT2D eigenvalue weighted by atomic mass is 10.1. The molecule has 0 bridgehead atoms. The van der Waals surface area contributed by atoms with Crippen LogP contribution >= 0.6 is 31.9 Å². The molecule has 0 saturated heterocycles. The first-order valence-corrected chi connectivity index (χ1v) is 4.87. The Morgan fingerprint density at radius 1 is 1.38 bits per heavy atom. The lowest BCUT2D eigenvalue weighted by molar-refractivity contribution is 0.100. The molecule has 5 heteroatoms. The third kappa shape index (κ3) is 1.96. The van der Waals surface area contributed by atoms with E-state index in [0.29, 0.717) is 0 Å². The highest BCUT2D eigenvalue weighted by molar-refractivity contribution is 9.13. The standard InChI is InChI=1S/C8H4Br2F2O/c1-3(13)6-5(11)2-4(9)7(10)8(6)12/h2H,1H3. The maximum absolute atomic E-state index is 13.2. The zero-order valence-electron chi connectivity index (χ0n) is 6.50. The fraction of sp³-hybridized carbons (Fsp3) is 0.125. The zero-order valence-corrected chi connectivity index (χ0v) is 9.67. The second-order valence-electron chi connectivity index (χ2n) is 2.40. The van der Waals surface area contributed by atoms with Gasteiger partial charge in [0, 0.05) is 4.47 Å². The van der Waals surface area contributed by atoms with Crippen molar-refractivity contribution >= 4 is 37.6 Å². The normalized spacial score (nSPS) is 10.2. The van der Waals surface area contributed by atoms with Gasteiger partial charge in [-0.25, -0.2) is 8.78 Å². The van der Waals surface area contributed by atoms with Gasteiger partial charge >= 0.3 is 0 Å². The van der Waals surface area contributed by atoms with Crippen LogP contribution in [-0.4, -0.2) is 5.78 Å². The largest absolute Gasteiger partial charge is 0.294 e. The van der Waals surface area contributed by atoms with E-state index in [9.17, 15) is 13.6 Å². The maximum Gasteiger partial charge on any atom is 0.165 e. The molecule has 0 atom stereocenters. The minimum atomic E-state index is -0.876. The van der Waals surface area contributed by atoms with Crippen LogP contribution in [0.25, 0.3) is 0 Å². The van der Waals surface area contributed by atoms with Gasteiger partial charge in [0.2, 0.25) is 0 Å². The fourth-order valence-corrected chi connectivity index (χ4v) is 1.58. The molecule has 1 nitrogen and oxygen atoms in total. The fourth-order valence-electron chi connectivity index (χ4n) is 0.889. The van der Waals surface area contributed by atoms with Crippen molar-refractivity contribution in [2.75, 3.05) is 0 Å². The van der Waals surface area contributed by atoms with Gasteiger partial charge in [0.15, 0.2) is 11.6 Å². The van der Waals surface area contributed by atoms with E-state index < -0.39 is 23.0 Å². The molecule has 0 N–H and O–H groups in total. The molecule has 0 aliphatic rings. The summed E-state index contributed by atoms with van der Waals surface area (Å²) in [5, 5.41) is 0. The lowest BCUT2D eigenvalue weighted by Crippen LogP contribution is -2.02. The summed E-state index contributed by atoms with van der Waals surface area (Å²) >= 11 is 5.83. The van der Waals surface area contributed by atoms with Crippen molar-refractivity contribution in [3.63, 3.8) is 0 Å². The van der Waals surface area contributed by atoms with Crippen LogP contribution in [0.2, 0.25) is 0 Å². The van der Waals surface area contributed by atoms with Crippen molar-refractivity contribution in [1.82, 2.24) is 0 Å². The number of hydrogen-bond donors (Lipinski definition) is 0. The van der Waals surface area contributed by atoms with Crippen LogP contribution in [0.15, 0.2) is 15.0 Å². The molecular formula is C8H4Br2F2O. The molecular weight excluding hydrogens is 310 g/mol. The SMILES string of the molecule is CC(=O)c1c(F)cc(Br)c(Br)c1F. The number of Topliss-reactive ketones (excluding diaryl/α,β-unsaturated/α-hetero) is 1. The topological polar surface area (TPSA) is 17.1 Å². The van der Waals surface area contributed by atoms with E-state index in [1.807, 2.05) is 0 Å². The Kier molecular flexibility index (Phi) is 3.18. The van der Waals surface area contributed by atoms with Gasteiger partial charge in [-0.3, -0.25) is 4.79 Å². The molecule has 70 valence electrons. The third-order valence-electron chi connectivity index (χ3n) is 1.47. The van der Waals surface area contributed by atoms with E-state index >= 15 is 0 Å². The quantitative estimate of drug-likeness (QED) is 0.439. The Hall–Kier alpha value is -0.290. The molecule has 0 radical (unpaired) electrons. The van der Waals surface area contributed by atoms with Crippen LogP contribution in [-0.2, 0) is 0 Å². The van der Waals surface area contributed by atoms with Gasteiger partial charge in [0.1, 0.15) is 5.82 Å². The maximum atomic E-state index is 13.2. The van der Waals surface area contributed by atoms with Crippen molar-refractivity contribution in [2.45, 2.75) is 6.92 Å². The van der Waals surface area contributed by atoms with Crippen LogP contribution in [0.5, 0.6) is 0 Å². The predicted molar refractivity (Wildman–Crippen MR) is 51.8 cm³/mol. The highest BCUT2D eigenvalue weighted by Crippen LogP contribution is 2.30. The number of rotatable bonds is 1. The molecule has 0 aromatic heterocycles. The summed E-state index contributed by atoms with van der Waals surface area (Å²) in [7, 11) is 0. The molecule has 1 aromatic rings. The van der Waals surface area contributed by atoms with E-state index in [1.54, 1.807) is 0 Å². The molecule has 0 heterocycles. The van der Waals surface area contributed by atoms with Crippen molar-refractivity contribution in [3.05, 3.63) is 32.2 Å². The third-order valence-corrected chi connectivity index (χ3v) is 3.40. The van der Waals surface area contributed by atoms with Crippen LogP contribution < -0.4 is 0 Å². The average Bonchev–Trinajstić information content (AvgIpc) is 1.99. The summed E-state index contributed by atoms with van der Waals surface area (Å²) in [5.41, 5.74) is -0.518. The number of ketones is 1. The van der Waals surface area contributed by atoms with Gasteiger partial charge in [-0.05, 0) is 44.8 Å². The van der Waals surface area contributed by atoms with Crippen LogP contribution in [0.4, 0.5) is 8.78 Å². The Morgan fingerprint density at radius 3 is 2.38 bits per heavy atom. The summed E-state index contributed by atoms with van der Waals surface area (Å²) in [4.78, 5) is 10.8. The molecule has 0 aliphatic heterocycles. The highest BCUT2D eigenvalue weighted by Gasteiger charge is 2.18. The summed E-state index contributed by atoms with van der Waals surface area (Å²) in [6.07, 6.45) is 0. The highest BCUT2D eigenvalue weighted by atomic mass is 79.9. The van der Waals surface area contributed by atoms with Gasteiger partial charge in [0.25, 0.3) is 0 Å². The molecule has 1 aromatic carbocycles. The van der Waals surface area contributed by atoms with Gasteiger partial charge < -0.3 is 0 Å². The minimum absolute atomic E-state index is 0.0547. The van der Waals surface area contributed by atoms with Gasteiger partial charge in [-0.1, -0.05) is 0 Å². The number of carbonyl (C=O) groups excluding carboxylic acids is 1. The Bertz CT molecular complexity index is 377. The summed E-state index contributed by atoms with van der Waals surface area (Å²) < 4.78 is 26.6. The predicted octanol–water partition coefficient (Wildman–Crippen LogP) is 3.69. The molecule has 1 rings (SSSR count). The summed E-state index contributed by atoms with van der Waals surface area (Å²) in [6, 6.07) is 1.05. The van der Waals surface area contributed by atoms with Crippen molar-refractivity contribution in [2.24, 2.45) is 0 Å². The molecule has 0 unspecified atom stereocenters. The van der Waals surface area contributed by atoms with Crippen molar-refractivity contribution in [3.8, 4) is 0 Å². The van der Waals surface area contributed by atoms with Gasteiger partial charge in [-0.15, -0.1) is 0 Å². The molecule has 0 fully saturated rings. The minimum Gasteiger partial charge on any atom is -0.294 e. The van der Waals surface area contributed by atoms with E-state index in [2.05, 4.69) is 31.9 Å². The van der Waals surface area contributed by atoms with Gasteiger partial charge in [0.05, 0.1) is 10.0 Å². The first-order valence-electron chi connectivity index (χ1n) is 3.29. The molecule has 0 aliphatic carbocycles. The second kappa shape index (κ2) is 3.84. The number of hydrogen-bond acceptors (Lipinski definition) is 1. The Labute approximate surface area is 90.4 Å². The first kappa shape index (κ1) is 10.8. The molecule has 13 heavy (non-hydrogen) atoms. The zero-order chi connectivity index (χ0) is 10.2. The summed E-state index contributed by atoms with van der Waals surface area (Å²) in [5.74, 6) is -2.37. The van der Waals surface area contributed by atoms with E-state index in [0.717, 1.165) is 13.0 Å². The number of carbonyl (C=O) groups is 1. The smallest absolute Gasteiger partial charge is 0.165 e. The van der Waals surface area contributed by atoms with Crippen LogP contribution in [0, 0.1) is 11.6 Å². The monoisotopic (exact) mass is 312 g/mol. The summed E-state index contributed by atoms with van der Waals surface area (Å²) in [6.45, 7) is 1.11. The first-order chi connectivity index (χ1) is 5.95. The molecule has 0 spiro atoms. The van der Waals surface area contributed by atoms with E-state index in [4.69, 9.17) is 0 Å². The Morgan fingerprint density at radius 2 is 1.92 bits per heavy atom. The van der Waals surface area contributed by atoms with Crippen molar-refractivity contribution < 1.29 is 13.6 Å².